The van der Waals surface area contributed by atoms with Crippen LogP contribution in [0, 0.1) is 17.8 Å². The van der Waals surface area contributed by atoms with E-state index in [4.69, 9.17) is 9.47 Å². The molecule has 0 amide bonds. The van der Waals surface area contributed by atoms with E-state index in [1.807, 2.05) is 13.8 Å². The van der Waals surface area contributed by atoms with Gasteiger partial charge in [-0.05, 0) is 44.9 Å². The average molecular weight is 395 g/mol. The number of esters is 1. The Bertz CT molecular complexity index is 655. The van der Waals surface area contributed by atoms with E-state index in [1.165, 1.54) is 0 Å². The minimum atomic E-state index is -0.697. The maximum absolute atomic E-state index is 13.0. The second-order valence-electron chi connectivity index (χ2n) is 9.31. The van der Waals surface area contributed by atoms with Crippen LogP contribution in [-0.4, -0.2) is 45.9 Å². The monoisotopic (exact) mass is 394 g/mol. The number of carbonyl (C=O) groups excluding carboxylic acids is 2. The molecule has 0 aromatic carbocycles. The molecule has 4 aliphatic heterocycles. The number of ether oxygens (including phenoxy) is 2. The molecule has 0 spiro atoms. The van der Waals surface area contributed by atoms with Crippen LogP contribution in [0.1, 0.15) is 72.6 Å². The molecule has 0 aromatic heterocycles. The molecule has 7 unspecified atom stereocenters. The number of rotatable bonds is 2. The summed E-state index contributed by atoms with van der Waals surface area (Å²) in [6.45, 7) is 7.86. The zero-order valence-electron chi connectivity index (χ0n) is 17.4. The largest absolute Gasteiger partial charge is 0.511 e. The standard InChI is InChI=1S/C22H34O6/c1-5-6-14-18-10-16(23)13(3)20-17(24)9-12(2)11-22(4,28-20)8-7-15(19(14)25)21(26)27-18/h12-14,17-18,20,24-25H,5-11H2,1-4H3. The van der Waals surface area contributed by atoms with Crippen molar-refractivity contribution in [3.05, 3.63) is 11.3 Å². The molecule has 2 saturated heterocycles. The first kappa shape index (κ1) is 21.3. The third-order valence-electron chi connectivity index (χ3n) is 6.74. The van der Waals surface area contributed by atoms with Gasteiger partial charge >= 0.3 is 5.97 Å². The molecule has 4 aliphatic rings. The number of aliphatic hydroxyl groups excluding tert-OH is 2. The molecule has 4 rings (SSSR count). The van der Waals surface area contributed by atoms with Crippen molar-refractivity contribution in [1.29, 1.82) is 0 Å². The maximum Gasteiger partial charge on any atom is 0.337 e. The van der Waals surface area contributed by atoms with Gasteiger partial charge in [-0.2, -0.15) is 0 Å². The highest BCUT2D eigenvalue weighted by molar-refractivity contribution is 5.91. The zero-order valence-corrected chi connectivity index (χ0v) is 17.4. The first-order chi connectivity index (χ1) is 13.1. The number of fused-ring (bicyclic) bond motifs is 5. The minimum absolute atomic E-state index is 0.0355. The molecule has 0 aromatic rings. The Morgan fingerprint density at radius 1 is 1.25 bits per heavy atom. The Hall–Kier alpha value is -1.40. The van der Waals surface area contributed by atoms with Crippen LogP contribution in [0.3, 0.4) is 0 Å². The van der Waals surface area contributed by atoms with Gasteiger partial charge in [0.25, 0.3) is 0 Å². The van der Waals surface area contributed by atoms with Gasteiger partial charge in [-0.1, -0.05) is 27.2 Å². The maximum atomic E-state index is 13.0. The minimum Gasteiger partial charge on any atom is -0.511 e. The smallest absolute Gasteiger partial charge is 0.337 e. The van der Waals surface area contributed by atoms with E-state index in [0.29, 0.717) is 31.3 Å². The number of carbonyl (C=O) groups is 2. The summed E-state index contributed by atoms with van der Waals surface area (Å²) < 4.78 is 12.0. The van der Waals surface area contributed by atoms with Crippen LogP contribution in [0.5, 0.6) is 0 Å². The Morgan fingerprint density at radius 3 is 2.64 bits per heavy atom. The van der Waals surface area contributed by atoms with Crippen LogP contribution < -0.4 is 0 Å². The molecule has 0 saturated carbocycles. The Kier molecular flexibility index (Phi) is 6.20. The Labute approximate surface area is 167 Å². The average Bonchev–Trinajstić information content (AvgIpc) is 2.72. The molecular formula is C22H34O6. The Balaban J connectivity index is 2.03. The molecular weight excluding hydrogens is 360 g/mol. The molecule has 7 atom stereocenters. The van der Waals surface area contributed by atoms with Gasteiger partial charge in [0.05, 0.1) is 29.3 Å². The van der Waals surface area contributed by atoms with E-state index in [-0.39, 0.29) is 29.8 Å². The molecule has 6 heteroatoms. The van der Waals surface area contributed by atoms with E-state index in [0.717, 1.165) is 12.8 Å². The van der Waals surface area contributed by atoms with Gasteiger partial charge in [0.1, 0.15) is 17.6 Å². The number of aliphatic hydroxyl groups is 2. The first-order valence-electron chi connectivity index (χ1n) is 10.7. The summed E-state index contributed by atoms with van der Waals surface area (Å²) in [6, 6.07) is 0. The molecule has 158 valence electrons. The van der Waals surface area contributed by atoms with Crippen LogP contribution in [0.4, 0.5) is 0 Å². The number of ketones is 1. The highest BCUT2D eigenvalue weighted by Crippen LogP contribution is 2.41. The lowest BCUT2D eigenvalue weighted by molar-refractivity contribution is -0.162. The van der Waals surface area contributed by atoms with Gasteiger partial charge in [0.15, 0.2) is 0 Å². The lowest BCUT2D eigenvalue weighted by Crippen LogP contribution is -2.46. The highest BCUT2D eigenvalue weighted by atomic mass is 16.5. The normalized spacial score (nSPS) is 42.5. The van der Waals surface area contributed by atoms with Crippen molar-refractivity contribution in [2.24, 2.45) is 17.8 Å². The molecule has 0 radical (unpaired) electrons. The van der Waals surface area contributed by atoms with Crippen molar-refractivity contribution in [3.63, 3.8) is 0 Å². The SMILES string of the molecule is CCCC1C(O)=C2CCC3(C)CC(C)CC(O)C(O3)C(C)C(=O)CC1OC2=O. The number of hydrogen-bond acceptors (Lipinski definition) is 6. The fourth-order valence-corrected chi connectivity index (χ4v) is 5.22. The van der Waals surface area contributed by atoms with Gasteiger partial charge in [-0.15, -0.1) is 0 Å². The molecule has 28 heavy (non-hydrogen) atoms. The van der Waals surface area contributed by atoms with Crippen LogP contribution in [0.15, 0.2) is 11.3 Å². The van der Waals surface area contributed by atoms with Gasteiger partial charge in [0, 0.05) is 12.3 Å². The fourth-order valence-electron chi connectivity index (χ4n) is 5.22. The van der Waals surface area contributed by atoms with Crippen molar-refractivity contribution in [1.82, 2.24) is 0 Å². The van der Waals surface area contributed by atoms with Crippen molar-refractivity contribution >= 4 is 11.8 Å². The summed E-state index contributed by atoms with van der Waals surface area (Å²) in [7, 11) is 0. The van der Waals surface area contributed by atoms with Gasteiger partial charge < -0.3 is 19.7 Å². The quantitative estimate of drug-likeness (QED) is 0.697. The lowest BCUT2D eigenvalue weighted by atomic mass is 9.82. The van der Waals surface area contributed by atoms with E-state index < -0.39 is 35.8 Å². The van der Waals surface area contributed by atoms with Crippen molar-refractivity contribution < 1.29 is 29.3 Å². The summed E-state index contributed by atoms with van der Waals surface area (Å²) in [5, 5.41) is 21.6. The van der Waals surface area contributed by atoms with Crippen LogP contribution in [-0.2, 0) is 19.1 Å². The predicted octanol–water partition coefficient (Wildman–Crippen LogP) is 3.46. The van der Waals surface area contributed by atoms with E-state index in [2.05, 4.69) is 6.92 Å². The lowest BCUT2D eigenvalue weighted by Gasteiger charge is -2.39. The third-order valence-corrected chi connectivity index (χ3v) is 6.74. The number of hydrogen-bond donors (Lipinski definition) is 2. The van der Waals surface area contributed by atoms with Crippen molar-refractivity contribution in [3.8, 4) is 0 Å². The topological polar surface area (TPSA) is 93.1 Å². The second kappa shape index (κ2) is 8.15. The fraction of sp³-hybridized carbons (Fsp3) is 0.818. The summed E-state index contributed by atoms with van der Waals surface area (Å²) in [5.41, 5.74) is -0.269. The molecule has 4 heterocycles. The van der Waals surface area contributed by atoms with Gasteiger partial charge in [-0.25, -0.2) is 4.79 Å². The molecule has 2 fully saturated rings. The molecule has 0 aliphatic carbocycles. The van der Waals surface area contributed by atoms with Gasteiger partial charge in [-0.3, -0.25) is 4.79 Å². The summed E-state index contributed by atoms with van der Waals surface area (Å²) in [6.07, 6.45) is 1.80. The highest BCUT2D eigenvalue weighted by Gasteiger charge is 2.46. The van der Waals surface area contributed by atoms with E-state index in [1.54, 1.807) is 6.92 Å². The van der Waals surface area contributed by atoms with Crippen molar-refractivity contribution in [2.75, 3.05) is 0 Å². The van der Waals surface area contributed by atoms with Crippen LogP contribution in [0.2, 0.25) is 0 Å². The van der Waals surface area contributed by atoms with Crippen LogP contribution >= 0.6 is 0 Å². The first-order valence-corrected chi connectivity index (χ1v) is 10.7. The Morgan fingerprint density at radius 2 is 1.96 bits per heavy atom. The molecule has 4 bridgehead atoms. The van der Waals surface area contributed by atoms with E-state index in [9.17, 15) is 19.8 Å². The summed E-state index contributed by atoms with van der Waals surface area (Å²) >= 11 is 0. The molecule has 6 nitrogen and oxygen atoms in total. The number of Topliss-reactive ketones (excluding diaryl/α,β-unsaturated/α-hetero) is 1. The van der Waals surface area contributed by atoms with Gasteiger partial charge in [0.2, 0.25) is 0 Å². The molecule has 2 N–H and O–H groups in total. The summed E-state index contributed by atoms with van der Waals surface area (Å²) in [4.78, 5) is 25.6. The van der Waals surface area contributed by atoms with Crippen molar-refractivity contribution in [2.45, 2.75) is 96.6 Å². The second-order valence-corrected chi connectivity index (χ2v) is 9.31. The predicted molar refractivity (Wildman–Crippen MR) is 104 cm³/mol. The summed E-state index contributed by atoms with van der Waals surface area (Å²) in [5.74, 6) is -1.14. The van der Waals surface area contributed by atoms with E-state index >= 15 is 0 Å². The van der Waals surface area contributed by atoms with Crippen LogP contribution in [0.25, 0.3) is 0 Å². The zero-order chi connectivity index (χ0) is 20.6. The third kappa shape index (κ3) is 4.13.